The highest BCUT2D eigenvalue weighted by atomic mass is 16.5. The van der Waals surface area contributed by atoms with Gasteiger partial charge >= 0.3 is 0 Å². The molecule has 3 nitrogen and oxygen atoms in total. The number of benzene rings is 1. The standard InChI is InChI=1S/C10H13NO2/c1-6-4-5-8(13-3)10(11)9(6)7(2)12/h4-5H,11H2,1-3H3. The molecule has 2 N–H and O–H groups in total. The molecule has 0 unspecified atom stereocenters. The van der Waals surface area contributed by atoms with E-state index in [1.807, 2.05) is 13.0 Å². The van der Waals surface area contributed by atoms with Crippen LogP contribution in [0.3, 0.4) is 0 Å². The summed E-state index contributed by atoms with van der Waals surface area (Å²) >= 11 is 0. The van der Waals surface area contributed by atoms with Crippen molar-refractivity contribution in [3.63, 3.8) is 0 Å². The SMILES string of the molecule is COc1ccc(C)c(C(C)=O)c1N. The number of methoxy groups -OCH3 is 1. The molecule has 0 amide bonds. The predicted octanol–water partition coefficient (Wildman–Crippen LogP) is 1.79. The molecule has 0 saturated carbocycles. The van der Waals surface area contributed by atoms with Crippen LogP contribution in [0.4, 0.5) is 5.69 Å². The number of ketones is 1. The zero-order valence-electron chi connectivity index (χ0n) is 8.05. The number of Topliss-reactive ketones (excluding diaryl/α,β-unsaturated/α-hetero) is 1. The lowest BCUT2D eigenvalue weighted by Gasteiger charge is -2.10. The van der Waals surface area contributed by atoms with Crippen molar-refractivity contribution in [1.82, 2.24) is 0 Å². The van der Waals surface area contributed by atoms with Crippen LogP contribution in [0, 0.1) is 6.92 Å². The zero-order valence-corrected chi connectivity index (χ0v) is 8.05. The van der Waals surface area contributed by atoms with Crippen molar-refractivity contribution in [2.24, 2.45) is 0 Å². The van der Waals surface area contributed by atoms with Gasteiger partial charge in [0.05, 0.1) is 12.8 Å². The average Bonchev–Trinajstić information content (AvgIpc) is 2.04. The van der Waals surface area contributed by atoms with Gasteiger partial charge in [0, 0.05) is 5.56 Å². The van der Waals surface area contributed by atoms with E-state index in [1.54, 1.807) is 6.07 Å². The molecule has 0 aliphatic rings. The summed E-state index contributed by atoms with van der Waals surface area (Å²) in [5.41, 5.74) is 7.61. The summed E-state index contributed by atoms with van der Waals surface area (Å²) in [7, 11) is 1.53. The van der Waals surface area contributed by atoms with Crippen LogP contribution in [0.15, 0.2) is 12.1 Å². The first-order valence-corrected chi connectivity index (χ1v) is 4.02. The number of carbonyl (C=O) groups is 1. The molecule has 0 radical (unpaired) electrons. The number of nitrogen functional groups attached to an aromatic ring is 1. The number of nitrogens with two attached hydrogens (primary N) is 1. The van der Waals surface area contributed by atoms with Crippen LogP contribution < -0.4 is 10.5 Å². The summed E-state index contributed by atoms with van der Waals surface area (Å²) in [4.78, 5) is 11.2. The number of aryl methyl sites for hydroxylation is 1. The number of carbonyl (C=O) groups excluding carboxylic acids is 1. The first kappa shape index (κ1) is 9.58. The van der Waals surface area contributed by atoms with Crippen molar-refractivity contribution in [3.05, 3.63) is 23.3 Å². The number of anilines is 1. The Morgan fingerprint density at radius 3 is 2.54 bits per heavy atom. The molecule has 0 aliphatic heterocycles. The second-order valence-electron chi connectivity index (χ2n) is 2.93. The normalized spacial score (nSPS) is 9.77. The average molecular weight is 179 g/mol. The smallest absolute Gasteiger partial charge is 0.162 e. The minimum absolute atomic E-state index is 0.0334. The molecule has 1 aromatic rings. The van der Waals surface area contributed by atoms with Crippen molar-refractivity contribution in [2.45, 2.75) is 13.8 Å². The highest BCUT2D eigenvalue weighted by molar-refractivity contribution is 6.01. The fourth-order valence-corrected chi connectivity index (χ4v) is 1.35. The Morgan fingerprint density at radius 1 is 1.46 bits per heavy atom. The third-order valence-electron chi connectivity index (χ3n) is 1.99. The Balaban J connectivity index is 3.38. The second kappa shape index (κ2) is 3.47. The summed E-state index contributed by atoms with van der Waals surface area (Å²) in [6.45, 7) is 3.35. The van der Waals surface area contributed by atoms with Gasteiger partial charge in [-0.3, -0.25) is 4.79 Å². The minimum Gasteiger partial charge on any atom is -0.495 e. The molecule has 0 aliphatic carbocycles. The van der Waals surface area contributed by atoms with Gasteiger partial charge in [0.15, 0.2) is 5.78 Å². The molecule has 1 aromatic carbocycles. The maximum absolute atomic E-state index is 11.2. The van der Waals surface area contributed by atoms with Crippen LogP contribution in [-0.2, 0) is 0 Å². The quantitative estimate of drug-likeness (QED) is 0.556. The summed E-state index contributed by atoms with van der Waals surface area (Å²) in [6, 6.07) is 3.59. The van der Waals surface area contributed by atoms with Gasteiger partial charge in [-0.2, -0.15) is 0 Å². The predicted molar refractivity (Wildman–Crippen MR) is 52.1 cm³/mol. The van der Waals surface area contributed by atoms with Crippen molar-refractivity contribution in [2.75, 3.05) is 12.8 Å². The van der Waals surface area contributed by atoms with Crippen LogP contribution >= 0.6 is 0 Å². The van der Waals surface area contributed by atoms with Gasteiger partial charge in [0.25, 0.3) is 0 Å². The Morgan fingerprint density at radius 2 is 2.08 bits per heavy atom. The van der Waals surface area contributed by atoms with Crippen LogP contribution in [0.25, 0.3) is 0 Å². The van der Waals surface area contributed by atoms with E-state index in [0.29, 0.717) is 17.0 Å². The lowest BCUT2D eigenvalue weighted by atomic mass is 10.0. The van der Waals surface area contributed by atoms with E-state index in [4.69, 9.17) is 10.5 Å². The number of rotatable bonds is 2. The van der Waals surface area contributed by atoms with Gasteiger partial charge in [-0.1, -0.05) is 6.07 Å². The first-order chi connectivity index (χ1) is 6.07. The van der Waals surface area contributed by atoms with Crippen LogP contribution in [-0.4, -0.2) is 12.9 Å². The minimum atomic E-state index is -0.0334. The monoisotopic (exact) mass is 179 g/mol. The van der Waals surface area contributed by atoms with Gasteiger partial charge in [0.1, 0.15) is 5.75 Å². The molecule has 0 spiro atoms. The van der Waals surface area contributed by atoms with Gasteiger partial charge in [-0.15, -0.1) is 0 Å². The van der Waals surface area contributed by atoms with Crippen LogP contribution in [0.1, 0.15) is 22.8 Å². The largest absolute Gasteiger partial charge is 0.495 e. The summed E-state index contributed by atoms with van der Waals surface area (Å²) in [5, 5.41) is 0. The van der Waals surface area contributed by atoms with Gasteiger partial charge in [-0.05, 0) is 25.5 Å². The Bertz CT molecular complexity index is 345. The van der Waals surface area contributed by atoms with E-state index < -0.39 is 0 Å². The summed E-state index contributed by atoms with van der Waals surface area (Å²) < 4.78 is 5.01. The molecule has 0 bridgehead atoms. The summed E-state index contributed by atoms with van der Waals surface area (Å²) in [5.74, 6) is 0.518. The maximum Gasteiger partial charge on any atom is 0.162 e. The fraction of sp³-hybridized carbons (Fsp3) is 0.300. The Labute approximate surface area is 77.5 Å². The van der Waals surface area contributed by atoms with Crippen LogP contribution in [0.5, 0.6) is 5.75 Å². The molecule has 70 valence electrons. The highest BCUT2D eigenvalue weighted by Gasteiger charge is 2.11. The zero-order chi connectivity index (χ0) is 10.0. The highest BCUT2D eigenvalue weighted by Crippen LogP contribution is 2.27. The Kier molecular flexibility index (Phi) is 2.56. The third-order valence-corrected chi connectivity index (χ3v) is 1.99. The van der Waals surface area contributed by atoms with Crippen LogP contribution in [0.2, 0.25) is 0 Å². The molecule has 3 heteroatoms. The first-order valence-electron chi connectivity index (χ1n) is 4.02. The van der Waals surface area contributed by atoms with Gasteiger partial charge < -0.3 is 10.5 Å². The molecular formula is C10H13NO2. The van der Waals surface area contributed by atoms with E-state index in [1.165, 1.54) is 14.0 Å². The van der Waals surface area contributed by atoms with Crippen molar-refractivity contribution in [3.8, 4) is 5.75 Å². The molecule has 0 atom stereocenters. The number of hydrogen-bond acceptors (Lipinski definition) is 3. The maximum atomic E-state index is 11.2. The van der Waals surface area contributed by atoms with E-state index in [-0.39, 0.29) is 5.78 Å². The van der Waals surface area contributed by atoms with Crippen molar-refractivity contribution >= 4 is 11.5 Å². The second-order valence-corrected chi connectivity index (χ2v) is 2.93. The van der Waals surface area contributed by atoms with Gasteiger partial charge in [-0.25, -0.2) is 0 Å². The molecule has 0 fully saturated rings. The van der Waals surface area contributed by atoms with E-state index in [2.05, 4.69) is 0 Å². The van der Waals surface area contributed by atoms with E-state index >= 15 is 0 Å². The lowest BCUT2D eigenvalue weighted by Crippen LogP contribution is -2.04. The molecule has 0 aromatic heterocycles. The fourth-order valence-electron chi connectivity index (χ4n) is 1.35. The van der Waals surface area contributed by atoms with E-state index in [9.17, 15) is 4.79 Å². The number of ether oxygens (including phenoxy) is 1. The summed E-state index contributed by atoms with van der Waals surface area (Å²) in [6.07, 6.45) is 0. The molecule has 0 heterocycles. The van der Waals surface area contributed by atoms with Crippen molar-refractivity contribution in [1.29, 1.82) is 0 Å². The molecule has 0 saturated heterocycles. The Hall–Kier alpha value is -1.51. The molecule has 13 heavy (non-hydrogen) atoms. The molecular weight excluding hydrogens is 166 g/mol. The topological polar surface area (TPSA) is 52.3 Å². The molecule has 1 rings (SSSR count). The number of hydrogen-bond donors (Lipinski definition) is 1. The van der Waals surface area contributed by atoms with Crippen molar-refractivity contribution < 1.29 is 9.53 Å². The lowest BCUT2D eigenvalue weighted by molar-refractivity contribution is 0.101. The third kappa shape index (κ3) is 1.64. The van der Waals surface area contributed by atoms with Gasteiger partial charge in [0.2, 0.25) is 0 Å². The van der Waals surface area contributed by atoms with E-state index in [0.717, 1.165) is 5.56 Å².